The van der Waals surface area contributed by atoms with Crippen LogP contribution in [-0.2, 0) is 0 Å². The quantitative estimate of drug-likeness (QED) is 0.719. The maximum absolute atomic E-state index is 5.46. The second kappa shape index (κ2) is 6.04. The van der Waals surface area contributed by atoms with Crippen molar-refractivity contribution in [3.05, 3.63) is 23.8 Å². The zero-order chi connectivity index (χ0) is 13.0. The normalized spacial score (nSPS) is 23.1. The van der Waals surface area contributed by atoms with E-state index in [1.807, 2.05) is 19.2 Å². The van der Waals surface area contributed by atoms with Crippen molar-refractivity contribution in [3.63, 3.8) is 0 Å². The summed E-state index contributed by atoms with van der Waals surface area (Å²) in [7, 11) is 5.32. The highest BCUT2D eigenvalue weighted by Gasteiger charge is 2.29. The first-order valence-electron chi connectivity index (χ1n) is 6.15. The molecule has 2 unspecified atom stereocenters. The summed E-state index contributed by atoms with van der Waals surface area (Å²) in [5.74, 6) is 2.17. The van der Waals surface area contributed by atoms with Gasteiger partial charge in [-0.3, -0.25) is 5.43 Å². The van der Waals surface area contributed by atoms with Gasteiger partial charge < -0.3 is 14.8 Å². The number of hydrogen-bond donors (Lipinski definition) is 3. The lowest BCUT2D eigenvalue weighted by atomic mass is 9.94. The Morgan fingerprint density at radius 2 is 2.17 bits per heavy atom. The SMILES string of the molecule is CNCC1CNNC1c1ccc(OC)cc1OC. The highest BCUT2D eigenvalue weighted by atomic mass is 16.5. The van der Waals surface area contributed by atoms with Crippen LogP contribution in [0.3, 0.4) is 0 Å². The van der Waals surface area contributed by atoms with Gasteiger partial charge >= 0.3 is 0 Å². The molecule has 2 rings (SSSR count). The van der Waals surface area contributed by atoms with E-state index >= 15 is 0 Å². The van der Waals surface area contributed by atoms with Crippen molar-refractivity contribution in [1.82, 2.24) is 16.2 Å². The molecule has 1 saturated heterocycles. The van der Waals surface area contributed by atoms with E-state index in [1.165, 1.54) is 0 Å². The smallest absolute Gasteiger partial charge is 0.127 e. The van der Waals surface area contributed by atoms with Gasteiger partial charge in [-0.2, -0.15) is 0 Å². The van der Waals surface area contributed by atoms with Gasteiger partial charge in [0.1, 0.15) is 11.5 Å². The maximum Gasteiger partial charge on any atom is 0.127 e. The fourth-order valence-electron chi connectivity index (χ4n) is 2.39. The minimum atomic E-state index is 0.248. The van der Waals surface area contributed by atoms with Crippen molar-refractivity contribution in [2.45, 2.75) is 6.04 Å². The van der Waals surface area contributed by atoms with Crippen molar-refractivity contribution in [2.24, 2.45) is 5.92 Å². The zero-order valence-corrected chi connectivity index (χ0v) is 11.1. The van der Waals surface area contributed by atoms with Crippen LogP contribution in [0.15, 0.2) is 18.2 Å². The van der Waals surface area contributed by atoms with Gasteiger partial charge in [-0.05, 0) is 13.1 Å². The first-order chi connectivity index (χ1) is 8.80. The van der Waals surface area contributed by atoms with Crippen molar-refractivity contribution in [2.75, 3.05) is 34.4 Å². The van der Waals surface area contributed by atoms with E-state index in [2.05, 4.69) is 22.2 Å². The summed E-state index contributed by atoms with van der Waals surface area (Å²) < 4.78 is 10.7. The van der Waals surface area contributed by atoms with Crippen molar-refractivity contribution >= 4 is 0 Å². The van der Waals surface area contributed by atoms with Crippen LogP contribution in [0, 0.1) is 5.92 Å². The molecule has 100 valence electrons. The monoisotopic (exact) mass is 251 g/mol. The number of hydrazine groups is 1. The summed E-state index contributed by atoms with van der Waals surface area (Å²) in [5, 5.41) is 3.22. The fraction of sp³-hybridized carbons (Fsp3) is 0.538. The molecule has 1 fully saturated rings. The summed E-state index contributed by atoms with van der Waals surface area (Å²) in [6.07, 6.45) is 0. The van der Waals surface area contributed by atoms with E-state index in [0.717, 1.165) is 30.2 Å². The molecular formula is C13H21N3O2. The molecule has 1 heterocycles. The summed E-state index contributed by atoms with van der Waals surface area (Å²) in [6, 6.07) is 6.20. The molecule has 5 heteroatoms. The van der Waals surface area contributed by atoms with Crippen molar-refractivity contribution in [1.29, 1.82) is 0 Å². The number of nitrogens with one attached hydrogen (secondary N) is 3. The number of rotatable bonds is 5. The molecule has 1 aliphatic rings. The van der Waals surface area contributed by atoms with E-state index in [4.69, 9.17) is 9.47 Å². The van der Waals surface area contributed by atoms with Gasteiger partial charge in [0.25, 0.3) is 0 Å². The number of benzene rings is 1. The molecular weight excluding hydrogens is 230 g/mol. The molecule has 0 aromatic heterocycles. The van der Waals surface area contributed by atoms with Crippen LogP contribution in [0.5, 0.6) is 11.5 Å². The molecule has 0 spiro atoms. The average molecular weight is 251 g/mol. The van der Waals surface area contributed by atoms with Gasteiger partial charge in [0.05, 0.1) is 20.3 Å². The summed E-state index contributed by atoms with van der Waals surface area (Å²) >= 11 is 0. The lowest BCUT2D eigenvalue weighted by Gasteiger charge is -2.21. The van der Waals surface area contributed by atoms with Gasteiger partial charge in [-0.25, -0.2) is 5.43 Å². The summed E-state index contributed by atoms with van der Waals surface area (Å²) in [4.78, 5) is 0. The van der Waals surface area contributed by atoms with E-state index in [0.29, 0.717) is 5.92 Å². The minimum Gasteiger partial charge on any atom is -0.497 e. The lowest BCUT2D eigenvalue weighted by Crippen LogP contribution is -2.27. The Labute approximate surface area is 108 Å². The first-order valence-corrected chi connectivity index (χ1v) is 6.15. The third kappa shape index (κ3) is 2.58. The van der Waals surface area contributed by atoms with Crippen molar-refractivity contribution in [3.8, 4) is 11.5 Å². The Morgan fingerprint density at radius 1 is 1.33 bits per heavy atom. The van der Waals surface area contributed by atoms with Crippen LogP contribution in [-0.4, -0.2) is 34.4 Å². The Balaban J connectivity index is 2.26. The molecule has 2 atom stereocenters. The van der Waals surface area contributed by atoms with E-state index < -0.39 is 0 Å². The summed E-state index contributed by atoms with van der Waals surface area (Å²) in [5.41, 5.74) is 7.67. The van der Waals surface area contributed by atoms with Gasteiger partial charge in [-0.15, -0.1) is 0 Å². The van der Waals surface area contributed by atoms with Gasteiger partial charge in [0.15, 0.2) is 0 Å². The highest BCUT2D eigenvalue weighted by Crippen LogP contribution is 2.34. The van der Waals surface area contributed by atoms with E-state index in [9.17, 15) is 0 Å². The van der Waals surface area contributed by atoms with Gasteiger partial charge in [0, 0.05) is 30.6 Å². The second-order valence-corrected chi connectivity index (χ2v) is 4.43. The van der Waals surface area contributed by atoms with Crippen LogP contribution >= 0.6 is 0 Å². The first kappa shape index (κ1) is 13.1. The van der Waals surface area contributed by atoms with Gasteiger partial charge in [0.2, 0.25) is 0 Å². The predicted octanol–water partition coefficient (Wildman–Crippen LogP) is 0.688. The highest BCUT2D eigenvalue weighted by molar-refractivity contribution is 5.43. The van der Waals surface area contributed by atoms with Crippen LogP contribution in [0.1, 0.15) is 11.6 Å². The lowest BCUT2D eigenvalue weighted by molar-refractivity contribution is 0.376. The number of hydrogen-bond acceptors (Lipinski definition) is 5. The number of methoxy groups -OCH3 is 2. The molecule has 0 saturated carbocycles. The summed E-state index contributed by atoms with van der Waals surface area (Å²) in [6.45, 7) is 1.90. The third-order valence-electron chi connectivity index (χ3n) is 3.34. The molecule has 0 bridgehead atoms. The molecule has 1 aromatic carbocycles. The van der Waals surface area contributed by atoms with Crippen molar-refractivity contribution < 1.29 is 9.47 Å². The predicted molar refractivity (Wildman–Crippen MR) is 70.8 cm³/mol. The number of ether oxygens (including phenoxy) is 2. The molecule has 0 aliphatic carbocycles. The topological polar surface area (TPSA) is 54.5 Å². The van der Waals surface area contributed by atoms with Crippen LogP contribution < -0.4 is 25.6 Å². The standard InChI is InChI=1S/C13H21N3O2/c1-14-7-9-8-15-16-13(9)11-5-4-10(17-2)6-12(11)18-3/h4-6,9,13-16H,7-8H2,1-3H3. The molecule has 0 radical (unpaired) electrons. The van der Waals surface area contributed by atoms with E-state index in [-0.39, 0.29) is 6.04 Å². The Morgan fingerprint density at radius 3 is 2.83 bits per heavy atom. The molecule has 1 aliphatic heterocycles. The molecule has 1 aromatic rings. The van der Waals surface area contributed by atoms with E-state index in [1.54, 1.807) is 14.2 Å². The second-order valence-electron chi connectivity index (χ2n) is 4.43. The third-order valence-corrected chi connectivity index (χ3v) is 3.34. The Bertz CT molecular complexity index is 398. The molecule has 0 amide bonds. The molecule has 5 nitrogen and oxygen atoms in total. The van der Waals surface area contributed by atoms with Gasteiger partial charge in [-0.1, -0.05) is 6.07 Å². The largest absolute Gasteiger partial charge is 0.497 e. The molecule has 3 N–H and O–H groups in total. The Hall–Kier alpha value is -1.30. The Kier molecular flexibility index (Phi) is 4.41. The average Bonchev–Trinajstić information content (AvgIpc) is 2.86. The zero-order valence-electron chi connectivity index (χ0n) is 11.1. The maximum atomic E-state index is 5.46. The van der Waals surface area contributed by atoms with Crippen LogP contribution in [0.2, 0.25) is 0 Å². The fourth-order valence-corrected chi connectivity index (χ4v) is 2.39. The minimum absolute atomic E-state index is 0.248. The van der Waals surface area contributed by atoms with Crippen LogP contribution in [0.25, 0.3) is 0 Å². The molecule has 18 heavy (non-hydrogen) atoms. The van der Waals surface area contributed by atoms with Crippen LogP contribution in [0.4, 0.5) is 0 Å².